The lowest BCUT2D eigenvalue weighted by molar-refractivity contribution is -0.189. The first kappa shape index (κ1) is 19.3. The lowest BCUT2D eigenvalue weighted by Gasteiger charge is -2.24. The van der Waals surface area contributed by atoms with E-state index in [-0.39, 0.29) is 25.5 Å². The Morgan fingerprint density at radius 1 is 1.08 bits per heavy atom. The molecule has 0 heterocycles. The summed E-state index contributed by atoms with van der Waals surface area (Å²) in [5.41, 5.74) is 0.474. The van der Waals surface area contributed by atoms with Crippen LogP contribution in [0.25, 0.3) is 0 Å². The minimum atomic E-state index is -4.35. The third-order valence-electron chi connectivity index (χ3n) is 3.78. The highest BCUT2D eigenvalue weighted by atomic mass is 31.2. The molecular formula is C18H22NO5P. The molecule has 2 N–H and O–H groups in total. The maximum absolute atomic E-state index is 11.8. The predicted octanol–water partition coefficient (Wildman–Crippen LogP) is 3.28. The molecule has 0 saturated heterocycles. The zero-order valence-corrected chi connectivity index (χ0v) is 14.9. The molecule has 0 radical (unpaired) electrons. The third kappa shape index (κ3) is 6.11. The van der Waals surface area contributed by atoms with Gasteiger partial charge in [0.2, 0.25) is 5.91 Å². The Hall–Kier alpha value is -1.98. The van der Waals surface area contributed by atoms with Crippen LogP contribution in [0, 0.1) is 0 Å². The fourth-order valence-electron chi connectivity index (χ4n) is 2.48. The number of nitrogens with zero attached hydrogens (tertiary/aromatic N) is 1. The molecule has 0 aromatic heterocycles. The van der Waals surface area contributed by atoms with Crippen molar-refractivity contribution >= 4 is 13.5 Å². The maximum atomic E-state index is 11.8. The van der Waals surface area contributed by atoms with Crippen LogP contribution in [0.2, 0.25) is 0 Å². The number of rotatable bonds is 8. The van der Waals surface area contributed by atoms with E-state index in [2.05, 4.69) is 0 Å². The van der Waals surface area contributed by atoms with E-state index < -0.39 is 13.3 Å². The van der Waals surface area contributed by atoms with Gasteiger partial charge in [-0.1, -0.05) is 60.7 Å². The molecule has 2 aromatic rings. The van der Waals surface area contributed by atoms with Crippen molar-refractivity contribution < 1.29 is 24.0 Å². The standard InChI is InChI=1S/C18H22NO5P/c1-15(20)19(24-14-16-8-4-2-5-9-16)13-12-18(25(21,22)23)17-10-6-3-7-11-17/h2-11,18H,12-14H2,1H3,(H2,21,22,23)/t18-/m0/s1. The van der Waals surface area contributed by atoms with Crippen molar-refractivity contribution in [2.45, 2.75) is 25.6 Å². The van der Waals surface area contributed by atoms with E-state index in [1.165, 1.54) is 6.92 Å². The summed E-state index contributed by atoms with van der Waals surface area (Å²) < 4.78 is 11.8. The predicted molar refractivity (Wildman–Crippen MR) is 94.5 cm³/mol. The summed E-state index contributed by atoms with van der Waals surface area (Å²) in [4.78, 5) is 36.6. The molecule has 0 fully saturated rings. The van der Waals surface area contributed by atoms with Crippen molar-refractivity contribution in [3.63, 3.8) is 0 Å². The second-order valence-electron chi connectivity index (χ2n) is 5.68. The number of amides is 1. The van der Waals surface area contributed by atoms with Gasteiger partial charge in [-0.15, -0.1) is 0 Å². The van der Waals surface area contributed by atoms with Crippen molar-refractivity contribution in [1.82, 2.24) is 5.06 Å². The van der Waals surface area contributed by atoms with Gasteiger partial charge in [0.15, 0.2) is 0 Å². The molecule has 0 unspecified atom stereocenters. The van der Waals surface area contributed by atoms with Gasteiger partial charge in [-0.25, -0.2) is 5.06 Å². The largest absolute Gasteiger partial charge is 0.333 e. The Bertz CT molecular complexity index is 717. The number of carbonyl (C=O) groups is 1. The van der Waals surface area contributed by atoms with Gasteiger partial charge in [0.05, 0.1) is 5.66 Å². The van der Waals surface area contributed by atoms with Crippen molar-refractivity contribution in [3.8, 4) is 0 Å². The van der Waals surface area contributed by atoms with E-state index in [1.807, 2.05) is 30.3 Å². The Morgan fingerprint density at radius 3 is 2.16 bits per heavy atom. The van der Waals surface area contributed by atoms with E-state index in [4.69, 9.17) is 4.84 Å². The lowest BCUT2D eigenvalue weighted by atomic mass is 10.1. The van der Waals surface area contributed by atoms with Gasteiger partial charge >= 0.3 is 7.60 Å². The highest BCUT2D eigenvalue weighted by molar-refractivity contribution is 7.52. The average Bonchev–Trinajstić information content (AvgIpc) is 2.58. The molecule has 0 bridgehead atoms. The fourth-order valence-corrected chi connectivity index (χ4v) is 3.50. The summed E-state index contributed by atoms with van der Waals surface area (Å²) in [6, 6.07) is 18.0. The highest BCUT2D eigenvalue weighted by Crippen LogP contribution is 2.53. The molecule has 1 atom stereocenters. The number of benzene rings is 2. The minimum Gasteiger partial charge on any atom is -0.324 e. The van der Waals surface area contributed by atoms with Crippen molar-refractivity contribution in [2.24, 2.45) is 0 Å². The Morgan fingerprint density at radius 2 is 1.64 bits per heavy atom. The summed E-state index contributed by atoms with van der Waals surface area (Å²) >= 11 is 0. The molecule has 0 aliphatic carbocycles. The van der Waals surface area contributed by atoms with Crippen LogP contribution >= 0.6 is 7.60 Å². The van der Waals surface area contributed by atoms with Gasteiger partial charge in [-0.2, -0.15) is 0 Å². The third-order valence-corrected chi connectivity index (χ3v) is 5.15. The molecule has 6 nitrogen and oxygen atoms in total. The minimum absolute atomic E-state index is 0.0901. The van der Waals surface area contributed by atoms with Gasteiger partial charge in [0.1, 0.15) is 6.61 Å². The van der Waals surface area contributed by atoms with Crippen molar-refractivity contribution in [1.29, 1.82) is 0 Å². The van der Waals surface area contributed by atoms with Crippen molar-refractivity contribution in [3.05, 3.63) is 71.8 Å². The second kappa shape index (κ2) is 8.92. The van der Waals surface area contributed by atoms with Gasteiger partial charge in [-0.3, -0.25) is 14.2 Å². The summed E-state index contributed by atoms with van der Waals surface area (Å²) in [5, 5.41) is 1.15. The van der Waals surface area contributed by atoms with E-state index in [9.17, 15) is 19.1 Å². The lowest BCUT2D eigenvalue weighted by Crippen LogP contribution is -2.30. The number of hydrogen-bond donors (Lipinski definition) is 2. The number of hydrogen-bond acceptors (Lipinski definition) is 3. The zero-order chi connectivity index (χ0) is 18.3. The molecule has 0 aliphatic rings. The van der Waals surface area contributed by atoms with Crippen LogP contribution < -0.4 is 0 Å². The molecule has 0 aliphatic heterocycles. The van der Waals surface area contributed by atoms with Gasteiger partial charge < -0.3 is 9.79 Å². The molecule has 0 spiro atoms. The van der Waals surface area contributed by atoms with Gasteiger partial charge in [0.25, 0.3) is 0 Å². The normalized spacial score (nSPS) is 12.6. The maximum Gasteiger partial charge on any atom is 0.333 e. The van der Waals surface area contributed by atoms with Crippen LogP contribution in [0.15, 0.2) is 60.7 Å². The Balaban J connectivity index is 2.02. The summed E-state index contributed by atoms with van der Waals surface area (Å²) in [7, 11) is -4.35. The Labute approximate surface area is 147 Å². The zero-order valence-electron chi connectivity index (χ0n) is 14.0. The fraction of sp³-hybridized carbons (Fsp3) is 0.278. The smallest absolute Gasteiger partial charge is 0.324 e. The summed E-state index contributed by atoms with van der Waals surface area (Å²) in [5.74, 6) is -0.312. The first-order chi connectivity index (χ1) is 11.9. The quantitative estimate of drug-likeness (QED) is 0.555. The molecule has 1 amide bonds. The summed E-state index contributed by atoms with van der Waals surface area (Å²) in [6.07, 6.45) is 0.0999. The topological polar surface area (TPSA) is 87.1 Å². The molecular weight excluding hydrogens is 341 g/mol. The van der Waals surface area contributed by atoms with Crippen LogP contribution in [-0.4, -0.2) is 27.3 Å². The molecule has 2 rings (SSSR count). The molecule has 134 valence electrons. The van der Waals surface area contributed by atoms with Crippen LogP contribution in [0.5, 0.6) is 0 Å². The SMILES string of the molecule is CC(=O)N(CC[C@@H](c1ccccc1)P(=O)(O)O)OCc1ccccc1. The van der Waals surface area contributed by atoms with Crippen LogP contribution in [0.4, 0.5) is 0 Å². The van der Waals surface area contributed by atoms with Gasteiger partial charge in [-0.05, 0) is 17.5 Å². The van der Waals surface area contributed by atoms with Crippen LogP contribution in [-0.2, 0) is 20.8 Å². The summed E-state index contributed by atoms with van der Waals surface area (Å²) in [6.45, 7) is 1.67. The monoisotopic (exact) mass is 363 g/mol. The van der Waals surface area contributed by atoms with Gasteiger partial charge in [0, 0.05) is 13.5 Å². The molecule has 2 aromatic carbocycles. The van der Waals surface area contributed by atoms with E-state index in [1.54, 1.807) is 30.3 Å². The second-order valence-corrected chi connectivity index (χ2v) is 7.49. The van der Waals surface area contributed by atoms with Crippen LogP contribution in [0.3, 0.4) is 0 Å². The molecule has 0 saturated carbocycles. The Kier molecular flexibility index (Phi) is 6.91. The first-order valence-electron chi connectivity index (χ1n) is 7.93. The highest BCUT2D eigenvalue weighted by Gasteiger charge is 2.31. The van der Waals surface area contributed by atoms with E-state index in [0.717, 1.165) is 10.6 Å². The average molecular weight is 363 g/mol. The molecule has 25 heavy (non-hydrogen) atoms. The number of hydroxylamine groups is 2. The first-order valence-corrected chi connectivity index (χ1v) is 9.61. The van der Waals surface area contributed by atoms with E-state index in [0.29, 0.717) is 5.56 Å². The molecule has 7 heteroatoms. The van der Waals surface area contributed by atoms with E-state index >= 15 is 0 Å². The van der Waals surface area contributed by atoms with Crippen molar-refractivity contribution in [2.75, 3.05) is 6.54 Å². The number of carbonyl (C=O) groups excluding carboxylic acids is 1. The van der Waals surface area contributed by atoms with Crippen LogP contribution in [0.1, 0.15) is 30.1 Å².